The molecule has 0 fully saturated rings. The second-order valence-corrected chi connectivity index (χ2v) is 4.89. The van der Waals surface area contributed by atoms with Gasteiger partial charge in [0.2, 0.25) is 0 Å². The molecule has 0 unspecified atom stereocenters. The number of nitrogens with one attached hydrogen (secondary N) is 1. The van der Waals surface area contributed by atoms with Crippen LogP contribution in [0.3, 0.4) is 0 Å². The topological polar surface area (TPSA) is 58.4 Å². The third-order valence-corrected chi connectivity index (χ3v) is 3.13. The summed E-state index contributed by atoms with van der Waals surface area (Å²) in [4.78, 5) is 11.9. The van der Waals surface area contributed by atoms with Crippen LogP contribution in [0.15, 0.2) is 59.1 Å². The molecule has 19 heavy (non-hydrogen) atoms. The van der Waals surface area contributed by atoms with E-state index in [0.717, 1.165) is 10.2 Å². The van der Waals surface area contributed by atoms with E-state index in [1.165, 1.54) is 5.01 Å². The molecular formula is C14H14BrN3O. The Balaban J connectivity index is 1.92. The number of rotatable bonds is 4. The molecule has 0 aliphatic carbocycles. The van der Waals surface area contributed by atoms with Crippen LogP contribution in [0, 0.1) is 0 Å². The van der Waals surface area contributed by atoms with Gasteiger partial charge < -0.3 is 5.32 Å². The minimum Gasteiger partial charge on any atom is -0.333 e. The first-order valence-corrected chi connectivity index (χ1v) is 6.57. The highest BCUT2D eigenvalue weighted by Gasteiger charge is 2.06. The Morgan fingerprint density at radius 3 is 2.37 bits per heavy atom. The highest BCUT2D eigenvalue weighted by molar-refractivity contribution is 9.10. The van der Waals surface area contributed by atoms with Crippen LogP contribution in [0.25, 0.3) is 0 Å². The number of amides is 1. The normalized spacial score (nSPS) is 10.0. The summed E-state index contributed by atoms with van der Waals surface area (Å²) in [5.74, 6) is 5.70. The monoisotopic (exact) mass is 319 g/mol. The molecule has 2 aromatic rings. The molecule has 5 heteroatoms. The molecule has 0 heterocycles. The van der Waals surface area contributed by atoms with Crippen molar-refractivity contribution in [3.63, 3.8) is 0 Å². The van der Waals surface area contributed by atoms with Gasteiger partial charge in [-0.2, -0.15) is 0 Å². The van der Waals surface area contributed by atoms with Gasteiger partial charge in [0.05, 0.1) is 5.69 Å². The lowest BCUT2D eigenvalue weighted by Crippen LogP contribution is -2.42. The first kappa shape index (κ1) is 13.6. The van der Waals surface area contributed by atoms with Crippen molar-refractivity contribution in [2.45, 2.75) is 0 Å². The van der Waals surface area contributed by atoms with Gasteiger partial charge in [-0.05, 0) is 36.4 Å². The molecule has 0 saturated heterocycles. The summed E-state index contributed by atoms with van der Waals surface area (Å²) in [7, 11) is 0. The molecule has 98 valence electrons. The van der Waals surface area contributed by atoms with Crippen LogP contribution in [0.2, 0.25) is 0 Å². The lowest BCUT2D eigenvalue weighted by molar-refractivity contribution is 0.0953. The number of carbonyl (C=O) groups excluding carboxylic acids is 1. The van der Waals surface area contributed by atoms with Gasteiger partial charge >= 0.3 is 0 Å². The van der Waals surface area contributed by atoms with Crippen molar-refractivity contribution >= 4 is 27.5 Å². The molecule has 0 atom stereocenters. The maximum absolute atomic E-state index is 11.9. The molecule has 2 aromatic carbocycles. The van der Waals surface area contributed by atoms with Crippen LogP contribution in [0.1, 0.15) is 10.4 Å². The van der Waals surface area contributed by atoms with Gasteiger partial charge in [0.15, 0.2) is 0 Å². The molecule has 1 amide bonds. The van der Waals surface area contributed by atoms with E-state index in [1.807, 2.05) is 42.5 Å². The first-order valence-electron chi connectivity index (χ1n) is 5.78. The van der Waals surface area contributed by atoms with Gasteiger partial charge in [0, 0.05) is 10.0 Å². The van der Waals surface area contributed by atoms with Crippen molar-refractivity contribution < 1.29 is 4.79 Å². The second-order valence-electron chi connectivity index (χ2n) is 3.98. The highest BCUT2D eigenvalue weighted by atomic mass is 79.9. The van der Waals surface area contributed by atoms with Gasteiger partial charge in [0.1, 0.15) is 6.67 Å². The molecule has 0 radical (unpaired) electrons. The van der Waals surface area contributed by atoms with E-state index in [9.17, 15) is 4.79 Å². The van der Waals surface area contributed by atoms with Crippen molar-refractivity contribution in [3.05, 3.63) is 64.6 Å². The van der Waals surface area contributed by atoms with Crippen molar-refractivity contribution in [1.29, 1.82) is 0 Å². The summed E-state index contributed by atoms with van der Waals surface area (Å²) >= 11 is 3.33. The van der Waals surface area contributed by atoms with Gasteiger partial charge in [-0.1, -0.05) is 34.1 Å². The summed E-state index contributed by atoms with van der Waals surface area (Å²) in [6.07, 6.45) is 0. The molecule has 0 saturated carbocycles. The quantitative estimate of drug-likeness (QED) is 0.517. The third kappa shape index (κ3) is 3.81. The van der Waals surface area contributed by atoms with E-state index in [1.54, 1.807) is 12.1 Å². The average molecular weight is 320 g/mol. The van der Waals surface area contributed by atoms with E-state index >= 15 is 0 Å². The van der Waals surface area contributed by atoms with Gasteiger partial charge in [-0.25, -0.2) is 5.84 Å². The fourth-order valence-corrected chi connectivity index (χ4v) is 1.84. The summed E-state index contributed by atoms with van der Waals surface area (Å²) in [5.41, 5.74) is 1.45. The standard InChI is InChI=1S/C14H14BrN3O/c15-12-8-6-11(7-9-12)14(19)17-10-18(16)13-4-2-1-3-5-13/h1-9H,10,16H2,(H,17,19). The SMILES string of the molecule is NN(CNC(=O)c1ccc(Br)cc1)c1ccccc1. The number of hydrogen-bond donors (Lipinski definition) is 2. The van der Waals surface area contributed by atoms with Crippen LogP contribution in [0.4, 0.5) is 5.69 Å². The Labute approximate surface area is 120 Å². The van der Waals surface area contributed by atoms with Crippen molar-refractivity contribution in [2.24, 2.45) is 5.84 Å². The van der Waals surface area contributed by atoms with Crippen LogP contribution in [0.5, 0.6) is 0 Å². The number of carbonyl (C=O) groups is 1. The molecular weight excluding hydrogens is 306 g/mol. The molecule has 0 spiro atoms. The summed E-state index contributed by atoms with van der Waals surface area (Å²) < 4.78 is 0.939. The Hall–Kier alpha value is -1.85. The summed E-state index contributed by atoms with van der Waals surface area (Å²) in [6, 6.07) is 16.6. The Morgan fingerprint density at radius 2 is 1.74 bits per heavy atom. The maximum atomic E-state index is 11.9. The number of nitrogens with two attached hydrogens (primary N) is 1. The highest BCUT2D eigenvalue weighted by Crippen LogP contribution is 2.11. The number of halogens is 1. The number of benzene rings is 2. The van der Waals surface area contributed by atoms with Crippen LogP contribution in [-0.4, -0.2) is 12.6 Å². The number of nitrogens with zero attached hydrogens (tertiary/aromatic N) is 1. The average Bonchev–Trinajstić information content (AvgIpc) is 2.46. The fourth-order valence-electron chi connectivity index (χ4n) is 1.57. The molecule has 0 aliphatic rings. The Morgan fingerprint density at radius 1 is 1.11 bits per heavy atom. The van der Waals surface area contributed by atoms with Crippen LogP contribution >= 0.6 is 15.9 Å². The van der Waals surface area contributed by atoms with Gasteiger partial charge in [-0.15, -0.1) is 0 Å². The molecule has 3 N–H and O–H groups in total. The predicted molar refractivity (Wildman–Crippen MR) is 79.6 cm³/mol. The number of anilines is 1. The lowest BCUT2D eigenvalue weighted by atomic mass is 10.2. The Kier molecular flexibility index (Phi) is 4.54. The molecule has 0 aliphatic heterocycles. The largest absolute Gasteiger partial charge is 0.333 e. The summed E-state index contributed by atoms with van der Waals surface area (Å²) in [5, 5.41) is 4.25. The zero-order valence-electron chi connectivity index (χ0n) is 10.2. The number of para-hydroxylation sites is 1. The molecule has 2 rings (SSSR count). The van der Waals surface area contributed by atoms with Crippen LogP contribution < -0.4 is 16.2 Å². The van der Waals surface area contributed by atoms with E-state index in [2.05, 4.69) is 21.2 Å². The minimum absolute atomic E-state index is 0.154. The zero-order valence-corrected chi connectivity index (χ0v) is 11.8. The van der Waals surface area contributed by atoms with E-state index in [-0.39, 0.29) is 12.6 Å². The van der Waals surface area contributed by atoms with Crippen LogP contribution in [-0.2, 0) is 0 Å². The minimum atomic E-state index is -0.154. The van der Waals surface area contributed by atoms with Crippen molar-refractivity contribution in [3.8, 4) is 0 Å². The zero-order chi connectivity index (χ0) is 13.7. The number of hydrazine groups is 1. The molecule has 0 bridgehead atoms. The van der Waals surface area contributed by atoms with E-state index < -0.39 is 0 Å². The first-order chi connectivity index (χ1) is 9.16. The van der Waals surface area contributed by atoms with Gasteiger partial charge in [0.25, 0.3) is 5.91 Å². The maximum Gasteiger partial charge on any atom is 0.252 e. The van der Waals surface area contributed by atoms with Gasteiger partial charge in [-0.3, -0.25) is 9.80 Å². The van der Waals surface area contributed by atoms with E-state index in [0.29, 0.717) is 5.56 Å². The lowest BCUT2D eigenvalue weighted by Gasteiger charge is -2.19. The van der Waals surface area contributed by atoms with Crippen molar-refractivity contribution in [2.75, 3.05) is 11.7 Å². The summed E-state index contributed by atoms with van der Waals surface area (Å²) in [6.45, 7) is 0.249. The van der Waals surface area contributed by atoms with E-state index in [4.69, 9.17) is 5.84 Å². The predicted octanol–water partition coefficient (Wildman–Crippen LogP) is 2.52. The Bertz CT molecular complexity index is 542. The molecule has 4 nitrogen and oxygen atoms in total. The number of hydrogen-bond acceptors (Lipinski definition) is 3. The fraction of sp³-hybridized carbons (Fsp3) is 0.0714. The van der Waals surface area contributed by atoms with Crippen molar-refractivity contribution in [1.82, 2.24) is 5.32 Å². The third-order valence-electron chi connectivity index (χ3n) is 2.60. The molecule has 0 aromatic heterocycles. The smallest absolute Gasteiger partial charge is 0.252 e. The second kappa shape index (κ2) is 6.36.